The zero-order chi connectivity index (χ0) is 22.4. The normalized spacial score (nSPS) is 21.6. The summed E-state index contributed by atoms with van der Waals surface area (Å²) in [6, 6.07) is 9.59. The average molecular weight is 469 g/mol. The summed E-state index contributed by atoms with van der Waals surface area (Å²) in [5, 5.41) is 3.12. The molecule has 2 fully saturated rings. The van der Waals surface area contributed by atoms with E-state index in [0.29, 0.717) is 13.1 Å². The lowest BCUT2D eigenvalue weighted by molar-refractivity contribution is 0.101. The van der Waals surface area contributed by atoms with E-state index >= 15 is 0 Å². The van der Waals surface area contributed by atoms with E-state index in [0.717, 1.165) is 34.0 Å². The summed E-state index contributed by atoms with van der Waals surface area (Å²) in [5.41, 5.74) is 4.17. The SMILES string of the molecule is CNc1cc(-c2nc(N3CCS(=O)(=O)CC3)ccc2C)ccc1N(S)CC1CC1(F)F. The quantitative estimate of drug-likeness (QED) is 0.631. The number of anilines is 3. The number of alkyl halides is 2. The highest BCUT2D eigenvalue weighted by Crippen LogP contribution is 2.49. The second kappa shape index (κ2) is 8.12. The summed E-state index contributed by atoms with van der Waals surface area (Å²) in [6.07, 6.45) is -0.0925. The molecule has 2 heterocycles. The molecule has 10 heteroatoms. The Labute approximate surface area is 187 Å². The number of sulfone groups is 1. The van der Waals surface area contributed by atoms with Gasteiger partial charge in [-0.2, -0.15) is 0 Å². The van der Waals surface area contributed by atoms with Crippen LogP contribution in [0.2, 0.25) is 0 Å². The highest BCUT2D eigenvalue weighted by Gasteiger charge is 2.57. The van der Waals surface area contributed by atoms with Gasteiger partial charge in [0.15, 0.2) is 9.84 Å². The topological polar surface area (TPSA) is 65.5 Å². The summed E-state index contributed by atoms with van der Waals surface area (Å²) in [5.74, 6) is -2.24. The van der Waals surface area contributed by atoms with Crippen LogP contribution in [0.4, 0.5) is 26.0 Å². The number of hydrogen-bond donors (Lipinski definition) is 2. The van der Waals surface area contributed by atoms with Crippen molar-refractivity contribution in [1.82, 2.24) is 4.98 Å². The zero-order valence-corrected chi connectivity index (χ0v) is 19.2. The Morgan fingerprint density at radius 1 is 1.26 bits per heavy atom. The summed E-state index contributed by atoms with van der Waals surface area (Å²) < 4.78 is 51.6. The van der Waals surface area contributed by atoms with Crippen molar-refractivity contribution in [3.05, 3.63) is 35.9 Å². The second-order valence-corrected chi connectivity index (χ2v) is 11.0. The summed E-state index contributed by atoms with van der Waals surface area (Å²) in [4.78, 5) is 6.80. The van der Waals surface area contributed by atoms with Crippen LogP contribution in [-0.4, -0.2) is 57.5 Å². The van der Waals surface area contributed by atoms with Crippen LogP contribution >= 0.6 is 12.8 Å². The largest absolute Gasteiger partial charge is 0.386 e. The first-order valence-electron chi connectivity index (χ1n) is 10.2. The van der Waals surface area contributed by atoms with Gasteiger partial charge in [0.25, 0.3) is 5.92 Å². The molecule has 1 aliphatic carbocycles. The van der Waals surface area contributed by atoms with Gasteiger partial charge in [0.05, 0.1) is 28.6 Å². The standard InChI is InChI=1S/C21H26F2N4O2S2/c1-14-3-6-19(26-7-9-31(28,29)10-8-26)25-20(14)15-4-5-18(17(11-15)24-2)27(30)13-16-12-21(16,22)23/h3-6,11,16,24,30H,7-10,12-13H2,1-2H3. The van der Waals surface area contributed by atoms with Crippen molar-refractivity contribution in [3.8, 4) is 11.3 Å². The molecule has 0 bridgehead atoms. The lowest BCUT2D eigenvalue weighted by Crippen LogP contribution is -2.40. The number of aromatic nitrogens is 1. The van der Waals surface area contributed by atoms with E-state index in [2.05, 4.69) is 18.1 Å². The molecule has 2 aliphatic rings. The van der Waals surface area contributed by atoms with Crippen molar-refractivity contribution in [1.29, 1.82) is 0 Å². The lowest BCUT2D eigenvalue weighted by Gasteiger charge is -2.28. The number of pyridine rings is 1. The molecule has 2 aromatic rings. The van der Waals surface area contributed by atoms with Gasteiger partial charge in [-0.15, -0.1) is 0 Å². The Morgan fingerprint density at radius 3 is 2.55 bits per heavy atom. The Bertz CT molecular complexity index is 1080. The fourth-order valence-electron chi connectivity index (χ4n) is 3.81. The maximum atomic E-state index is 13.3. The van der Waals surface area contributed by atoms with Gasteiger partial charge >= 0.3 is 0 Å². The molecule has 1 atom stereocenters. The first-order valence-corrected chi connectivity index (χ1v) is 12.4. The van der Waals surface area contributed by atoms with Gasteiger partial charge in [0.1, 0.15) is 5.82 Å². The minimum atomic E-state index is -2.96. The second-order valence-electron chi connectivity index (χ2n) is 8.20. The van der Waals surface area contributed by atoms with Crippen molar-refractivity contribution >= 4 is 39.8 Å². The van der Waals surface area contributed by atoms with Crippen molar-refractivity contribution < 1.29 is 17.2 Å². The van der Waals surface area contributed by atoms with Crippen molar-refractivity contribution in [3.63, 3.8) is 0 Å². The predicted molar refractivity (Wildman–Crippen MR) is 124 cm³/mol. The van der Waals surface area contributed by atoms with Crippen LogP contribution in [0.1, 0.15) is 12.0 Å². The first-order chi connectivity index (χ1) is 14.6. The maximum absolute atomic E-state index is 13.3. The number of hydrogen-bond acceptors (Lipinski definition) is 7. The van der Waals surface area contributed by atoms with Gasteiger partial charge < -0.3 is 14.5 Å². The van der Waals surface area contributed by atoms with Gasteiger partial charge in [-0.1, -0.05) is 24.9 Å². The molecular formula is C21H26F2N4O2S2. The molecule has 1 saturated heterocycles. The van der Waals surface area contributed by atoms with E-state index in [1.54, 1.807) is 11.4 Å². The summed E-state index contributed by atoms with van der Waals surface area (Å²) >= 11 is 4.43. The minimum absolute atomic E-state index is 0.0925. The highest BCUT2D eigenvalue weighted by molar-refractivity contribution is 7.91. The molecule has 0 radical (unpaired) electrons. The van der Waals surface area contributed by atoms with E-state index in [9.17, 15) is 17.2 Å². The first kappa shape index (κ1) is 22.1. The molecule has 1 aromatic carbocycles. The molecule has 31 heavy (non-hydrogen) atoms. The zero-order valence-electron chi connectivity index (χ0n) is 17.5. The molecule has 168 valence electrons. The molecule has 0 amide bonds. The summed E-state index contributed by atoms with van der Waals surface area (Å²) in [6.45, 7) is 3.01. The number of halogens is 2. The predicted octanol–water partition coefficient (Wildman–Crippen LogP) is 3.64. The van der Waals surface area contributed by atoms with Crippen molar-refractivity contribution in [2.24, 2.45) is 5.92 Å². The van der Waals surface area contributed by atoms with Crippen LogP contribution in [0.15, 0.2) is 30.3 Å². The van der Waals surface area contributed by atoms with Crippen LogP contribution in [0.5, 0.6) is 0 Å². The smallest absolute Gasteiger partial charge is 0.253 e. The molecule has 1 N–H and O–H groups in total. The van der Waals surface area contributed by atoms with Gasteiger partial charge in [-0.25, -0.2) is 22.2 Å². The van der Waals surface area contributed by atoms with Crippen LogP contribution in [0, 0.1) is 12.8 Å². The Hall–Kier alpha value is -2.07. The lowest BCUT2D eigenvalue weighted by atomic mass is 10.0. The number of benzene rings is 1. The molecule has 4 rings (SSSR count). The van der Waals surface area contributed by atoms with Gasteiger partial charge in [0, 0.05) is 44.6 Å². The third-order valence-electron chi connectivity index (χ3n) is 5.92. The molecule has 0 spiro atoms. The number of rotatable bonds is 6. The molecular weight excluding hydrogens is 442 g/mol. The third kappa shape index (κ3) is 4.74. The highest BCUT2D eigenvalue weighted by atomic mass is 32.2. The van der Waals surface area contributed by atoms with Gasteiger partial charge in [0.2, 0.25) is 0 Å². The van der Waals surface area contributed by atoms with E-state index in [-0.39, 0.29) is 24.5 Å². The fraction of sp³-hybridized carbons (Fsp3) is 0.476. The van der Waals surface area contributed by atoms with E-state index in [4.69, 9.17) is 4.98 Å². The molecule has 1 unspecified atom stereocenters. The number of nitrogens with one attached hydrogen (secondary N) is 1. The Balaban J connectivity index is 1.59. The Morgan fingerprint density at radius 2 is 1.94 bits per heavy atom. The fourth-order valence-corrected chi connectivity index (χ4v) is 5.38. The maximum Gasteiger partial charge on any atom is 0.253 e. The van der Waals surface area contributed by atoms with Gasteiger partial charge in [-0.3, -0.25) is 0 Å². The monoisotopic (exact) mass is 468 g/mol. The molecule has 1 aromatic heterocycles. The molecule has 1 aliphatic heterocycles. The number of thiol groups is 1. The van der Waals surface area contributed by atoms with Crippen LogP contribution in [0.3, 0.4) is 0 Å². The third-order valence-corrected chi connectivity index (χ3v) is 7.91. The van der Waals surface area contributed by atoms with Crippen LogP contribution < -0.4 is 14.5 Å². The summed E-state index contributed by atoms with van der Waals surface area (Å²) in [7, 11) is -1.19. The molecule has 1 saturated carbocycles. The average Bonchev–Trinajstić information content (AvgIpc) is 3.33. The van der Waals surface area contributed by atoms with E-state index < -0.39 is 21.7 Å². The van der Waals surface area contributed by atoms with Gasteiger partial charge in [-0.05, 0) is 30.7 Å². The minimum Gasteiger partial charge on any atom is -0.386 e. The number of nitrogens with zero attached hydrogens (tertiary/aromatic N) is 3. The van der Waals surface area contributed by atoms with Crippen molar-refractivity contribution in [2.75, 3.05) is 52.7 Å². The number of aryl methyl sites for hydroxylation is 1. The van der Waals surface area contributed by atoms with E-state index in [1.807, 2.05) is 42.2 Å². The van der Waals surface area contributed by atoms with Crippen molar-refractivity contribution in [2.45, 2.75) is 19.3 Å². The van der Waals surface area contributed by atoms with Crippen LogP contribution in [-0.2, 0) is 9.84 Å². The van der Waals surface area contributed by atoms with E-state index in [1.165, 1.54) is 0 Å². The van der Waals surface area contributed by atoms with Crippen LogP contribution in [0.25, 0.3) is 11.3 Å². The Kier molecular flexibility index (Phi) is 5.80. The molecule has 6 nitrogen and oxygen atoms in total.